The molecule has 19 heavy (non-hydrogen) atoms. The molecule has 110 valence electrons. The van der Waals surface area contributed by atoms with Crippen LogP contribution in [0.1, 0.15) is 29.9 Å². The van der Waals surface area contributed by atoms with Crippen molar-refractivity contribution in [2.75, 3.05) is 40.5 Å². The first-order chi connectivity index (χ1) is 9.11. The second-order valence-electron chi connectivity index (χ2n) is 4.89. The summed E-state index contributed by atoms with van der Waals surface area (Å²) in [6, 6.07) is 0.277. The quantitative estimate of drug-likeness (QED) is 0.690. The van der Waals surface area contributed by atoms with Gasteiger partial charge in [0.2, 0.25) is 0 Å². The third kappa shape index (κ3) is 4.60. The number of ether oxygens (including phenoxy) is 2. The van der Waals surface area contributed by atoms with Gasteiger partial charge < -0.3 is 14.8 Å². The van der Waals surface area contributed by atoms with E-state index in [1.54, 1.807) is 14.2 Å². The standard InChI is InChI=1S/C14H27N3O2/c1-11(10-19-5)17-13(3)14(12(2)16-17)6-7-15-8-9-18-4/h11,15H,6-10H2,1-5H3. The van der Waals surface area contributed by atoms with Crippen LogP contribution in [0.5, 0.6) is 0 Å². The van der Waals surface area contributed by atoms with Crippen LogP contribution in [-0.4, -0.2) is 50.3 Å². The van der Waals surface area contributed by atoms with E-state index in [1.165, 1.54) is 11.3 Å². The Morgan fingerprint density at radius 1 is 1.21 bits per heavy atom. The van der Waals surface area contributed by atoms with E-state index in [1.807, 2.05) is 0 Å². The third-order valence-electron chi connectivity index (χ3n) is 3.33. The lowest BCUT2D eigenvalue weighted by molar-refractivity contribution is 0.156. The highest BCUT2D eigenvalue weighted by Crippen LogP contribution is 2.17. The summed E-state index contributed by atoms with van der Waals surface area (Å²) in [4.78, 5) is 0. The molecule has 0 saturated heterocycles. The summed E-state index contributed by atoms with van der Waals surface area (Å²) >= 11 is 0. The lowest BCUT2D eigenvalue weighted by atomic mass is 10.1. The molecular formula is C14H27N3O2. The summed E-state index contributed by atoms with van der Waals surface area (Å²) in [5.74, 6) is 0. The van der Waals surface area contributed by atoms with Gasteiger partial charge in [0.25, 0.3) is 0 Å². The number of nitrogens with one attached hydrogen (secondary N) is 1. The molecule has 1 atom stereocenters. The van der Waals surface area contributed by atoms with Crippen LogP contribution in [0.4, 0.5) is 0 Å². The smallest absolute Gasteiger partial charge is 0.0727 e. The van der Waals surface area contributed by atoms with Gasteiger partial charge in [-0.2, -0.15) is 5.10 Å². The van der Waals surface area contributed by atoms with E-state index in [4.69, 9.17) is 9.47 Å². The Balaban J connectivity index is 2.58. The fourth-order valence-corrected chi connectivity index (χ4v) is 2.31. The molecule has 1 aromatic heterocycles. The molecule has 5 nitrogen and oxygen atoms in total. The number of hydrogen-bond acceptors (Lipinski definition) is 4. The van der Waals surface area contributed by atoms with Gasteiger partial charge in [-0.25, -0.2) is 0 Å². The van der Waals surface area contributed by atoms with Gasteiger partial charge in [0, 0.05) is 26.5 Å². The van der Waals surface area contributed by atoms with E-state index in [0.717, 1.165) is 31.8 Å². The molecule has 0 aliphatic heterocycles. The number of aromatic nitrogens is 2. The summed E-state index contributed by atoms with van der Waals surface area (Å²) in [6.07, 6.45) is 1.00. The average Bonchev–Trinajstić information content (AvgIpc) is 2.66. The second kappa shape index (κ2) is 8.30. The summed E-state index contributed by atoms with van der Waals surface area (Å²) in [5, 5.41) is 7.99. The number of aryl methyl sites for hydroxylation is 1. The molecule has 1 unspecified atom stereocenters. The van der Waals surface area contributed by atoms with Gasteiger partial charge in [0.05, 0.1) is 24.9 Å². The van der Waals surface area contributed by atoms with Crippen molar-refractivity contribution >= 4 is 0 Å². The summed E-state index contributed by atoms with van der Waals surface area (Å²) < 4.78 is 12.3. The van der Waals surface area contributed by atoms with E-state index >= 15 is 0 Å². The molecule has 0 saturated carbocycles. The molecule has 1 aromatic rings. The van der Waals surface area contributed by atoms with E-state index in [2.05, 4.69) is 35.9 Å². The minimum absolute atomic E-state index is 0.277. The van der Waals surface area contributed by atoms with Crippen LogP contribution in [0.15, 0.2) is 0 Å². The van der Waals surface area contributed by atoms with Crippen molar-refractivity contribution in [3.05, 3.63) is 17.0 Å². The molecule has 1 N–H and O–H groups in total. The molecule has 0 bridgehead atoms. The highest BCUT2D eigenvalue weighted by atomic mass is 16.5. The van der Waals surface area contributed by atoms with Crippen LogP contribution >= 0.6 is 0 Å². The van der Waals surface area contributed by atoms with Crippen molar-refractivity contribution < 1.29 is 9.47 Å². The van der Waals surface area contributed by atoms with Crippen molar-refractivity contribution in [2.24, 2.45) is 0 Å². The Hall–Kier alpha value is -0.910. The minimum atomic E-state index is 0.277. The Bertz CT molecular complexity index is 377. The zero-order valence-corrected chi connectivity index (χ0v) is 12.8. The number of nitrogens with zero attached hydrogens (tertiary/aromatic N) is 2. The molecule has 0 amide bonds. The largest absolute Gasteiger partial charge is 0.383 e. The lowest BCUT2D eigenvalue weighted by Gasteiger charge is -2.13. The van der Waals surface area contributed by atoms with Gasteiger partial charge in [0.15, 0.2) is 0 Å². The molecular weight excluding hydrogens is 242 g/mol. The normalized spacial score (nSPS) is 12.9. The van der Waals surface area contributed by atoms with Crippen molar-refractivity contribution in [3.8, 4) is 0 Å². The molecule has 0 aromatic carbocycles. The second-order valence-corrected chi connectivity index (χ2v) is 4.89. The van der Waals surface area contributed by atoms with Crippen LogP contribution in [-0.2, 0) is 15.9 Å². The number of rotatable bonds is 9. The Kier molecular flexibility index (Phi) is 7.05. The van der Waals surface area contributed by atoms with Crippen LogP contribution in [0, 0.1) is 13.8 Å². The van der Waals surface area contributed by atoms with Crippen LogP contribution in [0.3, 0.4) is 0 Å². The zero-order valence-electron chi connectivity index (χ0n) is 12.8. The topological polar surface area (TPSA) is 48.3 Å². The predicted molar refractivity (Wildman–Crippen MR) is 76.7 cm³/mol. The molecule has 0 radical (unpaired) electrons. The van der Waals surface area contributed by atoms with E-state index in [0.29, 0.717) is 6.61 Å². The minimum Gasteiger partial charge on any atom is -0.383 e. The fourth-order valence-electron chi connectivity index (χ4n) is 2.31. The summed E-state index contributed by atoms with van der Waals surface area (Å²) in [6.45, 7) is 9.63. The Labute approximate surface area is 116 Å². The maximum atomic E-state index is 5.20. The van der Waals surface area contributed by atoms with Gasteiger partial charge >= 0.3 is 0 Å². The molecule has 0 fully saturated rings. The number of methoxy groups -OCH3 is 2. The molecule has 5 heteroatoms. The third-order valence-corrected chi connectivity index (χ3v) is 3.33. The van der Waals surface area contributed by atoms with Gasteiger partial charge in [-0.05, 0) is 39.3 Å². The van der Waals surface area contributed by atoms with Crippen LogP contribution in [0.25, 0.3) is 0 Å². The van der Waals surface area contributed by atoms with Crippen LogP contribution < -0.4 is 5.32 Å². The van der Waals surface area contributed by atoms with Gasteiger partial charge in [-0.15, -0.1) is 0 Å². The van der Waals surface area contributed by atoms with Crippen molar-refractivity contribution in [3.63, 3.8) is 0 Å². The van der Waals surface area contributed by atoms with Gasteiger partial charge in [0.1, 0.15) is 0 Å². The molecule has 0 aliphatic rings. The number of hydrogen-bond donors (Lipinski definition) is 1. The van der Waals surface area contributed by atoms with E-state index in [-0.39, 0.29) is 6.04 Å². The monoisotopic (exact) mass is 269 g/mol. The molecule has 1 rings (SSSR count). The maximum absolute atomic E-state index is 5.20. The summed E-state index contributed by atoms with van der Waals surface area (Å²) in [5.41, 5.74) is 3.71. The highest BCUT2D eigenvalue weighted by molar-refractivity contribution is 5.25. The molecule has 0 aliphatic carbocycles. The van der Waals surface area contributed by atoms with Gasteiger partial charge in [-0.3, -0.25) is 4.68 Å². The zero-order chi connectivity index (χ0) is 14.3. The Morgan fingerprint density at radius 2 is 1.95 bits per heavy atom. The lowest BCUT2D eigenvalue weighted by Crippen LogP contribution is -2.22. The predicted octanol–water partition coefficient (Wildman–Crippen LogP) is 1.49. The first kappa shape index (κ1) is 16.1. The van der Waals surface area contributed by atoms with Crippen molar-refractivity contribution in [1.82, 2.24) is 15.1 Å². The van der Waals surface area contributed by atoms with Crippen LogP contribution in [0.2, 0.25) is 0 Å². The molecule has 1 heterocycles. The maximum Gasteiger partial charge on any atom is 0.0727 e. The van der Waals surface area contributed by atoms with Crippen molar-refractivity contribution in [2.45, 2.75) is 33.2 Å². The summed E-state index contributed by atoms with van der Waals surface area (Å²) in [7, 11) is 3.44. The van der Waals surface area contributed by atoms with E-state index in [9.17, 15) is 0 Å². The van der Waals surface area contributed by atoms with Gasteiger partial charge in [-0.1, -0.05) is 0 Å². The molecule has 0 spiro atoms. The Morgan fingerprint density at radius 3 is 2.58 bits per heavy atom. The first-order valence-corrected chi connectivity index (χ1v) is 6.85. The average molecular weight is 269 g/mol. The fraction of sp³-hybridized carbons (Fsp3) is 0.786. The van der Waals surface area contributed by atoms with Crippen molar-refractivity contribution in [1.29, 1.82) is 0 Å². The van der Waals surface area contributed by atoms with E-state index < -0.39 is 0 Å². The SMILES string of the molecule is COCCNCCc1c(C)nn(C(C)COC)c1C. The first-order valence-electron chi connectivity index (χ1n) is 6.85. The highest BCUT2D eigenvalue weighted by Gasteiger charge is 2.15.